The number of likely N-dealkylation sites (tertiary alicyclic amines) is 1. The highest BCUT2D eigenvalue weighted by Gasteiger charge is 2.39. The van der Waals surface area contributed by atoms with Gasteiger partial charge in [0.25, 0.3) is 0 Å². The Bertz CT molecular complexity index is 1290. The van der Waals surface area contributed by atoms with E-state index in [4.69, 9.17) is 5.10 Å². The molecular weight excluding hydrogens is 433 g/mol. The van der Waals surface area contributed by atoms with Crippen molar-refractivity contribution in [3.8, 4) is 17.0 Å². The number of piperidine rings is 1. The van der Waals surface area contributed by atoms with Gasteiger partial charge in [-0.05, 0) is 56.0 Å². The molecule has 1 atom stereocenters. The van der Waals surface area contributed by atoms with Crippen molar-refractivity contribution in [3.05, 3.63) is 46.1 Å². The number of phenolic OH excluding ortho intramolecular Hbond substituents is 1. The summed E-state index contributed by atoms with van der Waals surface area (Å²) in [6.45, 7) is 2.16. The van der Waals surface area contributed by atoms with Gasteiger partial charge in [0, 0.05) is 36.6 Å². The number of carbonyl (C=O) groups is 1. The number of aromatic nitrogens is 1. The Morgan fingerprint density at radius 3 is 2.61 bits per heavy atom. The van der Waals surface area contributed by atoms with Gasteiger partial charge in [-0.2, -0.15) is 13.2 Å². The van der Waals surface area contributed by atoms with Crippen LogP contribution in [-0.2, 0) is 11.0 Å². The van der Waals surface area contributed by atoms with Crippen molar-refractivity contribution in [1.82, 2.24) is 9.88 Å². The zero-order valence-electron chi connectivity index (χ0n) is 18.4. The van der Waals surface area contributed by atoms with E-state index in [2.05, 4.69) is 11.2 Å². The van der Waals surface area contributed by atoms with E-state index in [1.54, 1.807) is 18.0 Å². The Labute approximate surface area is 188 Å². The van der Waals surface area contributed by atoms with Crippen LogP contribution < -0.4 is 10.7 Å². The standard InChI is InChI=1S/C24H23F3N4O2/c1-13-9-16(24(25,26)27)10-19(32)21(13)18-7-6-17-22(15-4-5-15)31(29-23(17)28-18)12-14-3-8-20(33)30(2)11-14/h6-7,9-10,12,14-15H,3-5,8,11H2,1-2H3/p+1/b31-12-. The fourth-order valence-corrected chi connectivity index (χ4v) is 4.65. The van der Waals surface area contributed by atoms with E-state index in [1.165, 1.54) is 6.92 Å². The first-order valence-electron chi connectivity index (χ1n) is 11.0. The number of halogens is 3. The summed E-state index contributed by atoms with van der Waals surface area (Å²) in [5, 5.41) is 16.0. The number of carbonyl (C=O) groups excluding carboxylic acids is 1. The minimum atomic E-state index is -4.54. The maximum absolute atomic E-state index is 13.1. The number of phenols is 1. The molecule has 2 fully saturated rings. The first-order valence-corrected chi connectivity index (χ1v) is 11.0. The van der Waals surface area contributed by atoms with Gasteiger partial charge in [0.1, 0.15) is 5.75 Å². The minimum absolute atomic E-state index is 0.144. The molecule has 0 spiro atoms. The van der Waals surface area contributed by atoms with Crippen LogP contribution in [0.25, 0.3) is 17.0 Å². The number of rotatable bonds is 3. The molecule has 1 saturated heterocycles. The first-order chi connectivity index (χ1) is 15.6. The zero-order valence-corrected chi connectivity index (χ0v) is 18.4. The number of hydrogen-bond donors (Lipinski definition) is 1. The Balaban J connectivity index is 1.57. The third-order valence-corrected chi connectivity index (χ3v) is 6.48. The van der Waals surface area contributed by atoms with Crippen LogP contribution in [0.1, 0.15) is 36.8 Å². The molecule has 1 saturated carbocycles. The topological polar surface area (TPSA) is 68.8 Å². The van der Waals surface area contributed by atoms with E-state index in [0.717, 1.165) is 42.3 Å². The smallest absolute Gasteiger partial charge is 0.416 e. The highest BCUT2D eigenvalue weighted by Crippen LogP contribution is 2.39. The van der Waals surface area contributed by atoms with E-state index in [9.17, 15) is 23.1 Å². The fourth-order valence-electron chi connectivity index (χ4n) is 4.65. The van der Waals surface area contributed by atoms with Crippen LogP contribution in [0.2, 0.25) is 0 Å². The van der Waals surface area contributed by atoms with Crippen LogP contribution in [0.15, 0.2) is 29.4 Å². The van der Waals surface area contributed by atoms with Crippen LogP contribution in [0, 0.1) is 18.8 Å². The van der Waals surface area contributed by atoms with Gasteiger partial charge in [0.2, 0.25) is 17.1 Å². The summed E-state index contributed by atoms with van der Waals surface area (Å²) in [7, 11) is 1.80. The summed E-state index contributed by atoms with van der Waals surface area (Å²) in [4.78, 5) is 18.2. The van der Waals surface area contributed by atoms with Gasteiger partial charge >= 0.3 is 6.18 Å². The Morgan fingerprint density at radius 1 is 1.21 bits per heavy atom. The number of alkyl halides is 3. The number of pyridine rings is 1. The molecule has 2 aliphatic heterocycles. The molecule has 1 aromatic heterocycles. The Kier molecular flexibility index (Phi) is 5.02. The number of hydrogen-bond acceptors (Lipinski definition) is 4. The van der Waals surface area contributed by atoms with Gasteiger partial charge < -0.3 is 10.0 Å². The van der Waals surface area contributed by atoms with Crippen molar-refractivity contribution in [1.29, 1.82) is 0 Å². The summed E-state index contributed by atoms with van der Waals surface area (Å²) in [5.74, 6) is 0.256. The quantitative estimate of drug-likeness (QED) is 0.721. The molecule has 9 heteroatoms. The summed E-state index contributed by atoms with van der Waals surface area (Å²) < 4.78 is 41.2. The molecule has 33 heavy (non-hydrogen) atoms. The SMILES string of the molecule is Cc1cc(C(F)(F)F)cc(O)c1-c1ccc2c(n1)=N/[N+](=C\C1CCC(=O)N(C)C1)C=2C1CC1. The summed E-state index contributed by atoms with van der Waals surface area (Å²) in [5.41, 5.74) is 1.61. The highest BCUT2D eigenvalue weighted by molar-refractivity contribution is 5.78. The van der Waals surface area contributed by atoms with E-state index in [-0.39, 0.29) is 23.0 Å². The first kappa shape index (κ1) is 21.6. The van der Waals surface area contributed by atoms with Gasteiger partial charge in [-0.25, -0.2) is 4.98 Å². The predicted octanol–water partition coefficient (Wildman–Crippen LogP) is 2.80. The molecule has 3 heterocycles. The fraction of sp³-hybridized carbons (Fsp3) is 0.417. The maximum Gasteiger partial charge on any atom is 0.416 e. The molecule has 6 nitrogen and oxygen atoms in total. The van der Waals surface area contributed by atoms with Crippen molar-refractivity contribution in [3.63, 3.8) is 0 Å². The zero-order chi connectivity index (χ0) is 23.5. The van der Waals surface area contributed by atoms with E-state index >= 15 is 0 Å². The molecule has 1 aliphatic carbocycles. The summed E-state index contributed by atoms with van der Waals surface area (Å²) in [6.07, 6.45) is 0.922. The third-order valence-electron chi connectivity index (χ3n) is 6.48. The van der Waals surface area contributed by atoms with Gasteiger partial charge in [-0.1, -0.05) is 4.68 Å². The third kappa shape index (κ3) is 4.00. The van der Waals surface area contributed by atoms with Gasteiger partial charge in [-0.3, -0.25) is 4.79 Å². The van der Waals surface area contributed by atoms with Gasteiger partial charge in [0.05, 0.1) is 22.4 Å². The van der Waals surface area contributed by atoms with Crippen molar-refractivity contribution in [2.75, 3.05) is 13.6 Å². The van der Waals surface area contributed by atoms with Crippen LogP contribution in [0.5, 0.6) is 5.75 Å². The lowest BCUT2D eigenvalue weighted by molar-refractivity contribution is -0.442. The van der Waals surface area contributed by atoms with E-state index < -0.39 is 17.5 Å². The van der Waals surface area contributed by atoms with Crippen LogP contribution >= 0.6 is 0 Å². The average Bonchev–Trinajstić information content (AvgIpc) is 3.50. The Morgan fingerprint density at radius 2 is 1.97 bits per heavy atom. The minimum Gasteiger partial charge on any atom is -0.507 e. The highest BCUT2D eigenvalue weighted by atomic mass is 19.4. The van der Waals surface area contributed by atoms with E-state index in [1.807, 2.05) is 10.8 Å². The maximum atomic E-state index is 13.1. The van der Waals surface area contributed by atoms with Crippen LogP contribution in [-0.4, -0.2) is 45.4 Å². The normalized spacial score (nSPS) is 22.0. The van der Waals surface area contributed by atoms with Crippen molar-refractivity contribution in [2.45, 2.75) is 38.8 Å². The molecule has 5 rings (SSSR count). The average molecular weight is 457 g/mol. The molecule has 1 N–H and O–H groups in total. The molecule has 0 bridgehead atoms. The second-order valence-electron chi connectivity index (χ2n) is 9.08. The van der Waals surface area contributed by atoms with Crippen molar-refractivity contribution >= 4 is 17.8 Å². The number of aromatic hydroxyl groups is 1. The van der Waals surface area contributed by atoms with Crippen molar-refractivity contribution in [2.24, 2.45) is 16.9 Å². The van der Waals surface area contributed by atoms with Crippen molar-refractivity contribution < 1.29 is 27.8 Å². The monoisotopic (exact) mass is 457 g/mol. The number of aryl methyl sites for hydroxylation is 1. The number of benzene rings is 1. The lowest BCUT2D eigenvalue weighted by Crippen LogP contribution is -2.38. The molecular formula is C24H24F3N4O2+. The van der Waals surface area contributed by atoms with Crippen LogP contribution in [0.3, 0.4) is 0 Å². The molecule has 1 amide bonds. The second-order valence-corrected chi connectivity index (χ2v) is 9.08. The summed E-state index contributed by atoms with van der Waals surface area (Å²) >= 11 is 0. The molecule has 172 valence electrons. The number of amides is 1. The van der Waals surface area contributed by atoms with E-state index in [0.29, 0.717) is 30.1 Å². The molecule has 1 unspecified atom stereocenters. The predicted molar refractivity (Wildman–Crippen MR) is 115 cm³/mol. The van der Waals surface area contributed by atoms with Gasteiger partial charge in [-0.15, -0.1) is 0 Å². The lowest BCUT2D eigenvalue weighted by atomic mass is 9.99. The largest absolute Gasteiger partial charge is 0.507 e. The second kappa shape index (κ2) is 7.67. The number of nitrogens with zero attached hydrogens (tertiary/aromatic N) is 4. The lowest BCUT2D eigenvalue weighted by Gasteiger charge is -2.25. The molecule has 3 aliphatic rings. The molecule has 2 aromatic rings. The van der Waals surface area contributed by atoms with Gasteiger partial charge in [0.15, 0.2) is 6.21 Å². The molecule has 1 aromatic carbocycles. The van der Waals surface area contributed by atoms with Crippen LogP contribution in [0.4, 0.5) is 13.2 Å². The number of fused-ring (bicyclic) bond motifs is 1. The molecule has 0 radical (unpaired) electrons. The Hall–Kier alpha value is -3.23. The summed E-state index contributed by atoms with van der Waals surface area (Å²) in [6, 6.07) is 5.36.